The number of aliphatic imine (C=N–C) groups is 1. The number of hydrogen-bond donors (Lipinski definition) is 2. The fourth-order valence-corrected chi connectivity index (χ4v) is 3.61. The summed E-state index contributed by atoms with van der Waals surface area (Å²) in [5, 5.41) is 12.0. The molecule has 0 unspecified atom stereocenters. The third-order valence-electron chi connectivity index (χ3n) is 5.10. The van der Waals surface area contributed by atoms with Gasteiger partial charge in [-0.1, -0.05) is 30.3 Å². The summed E-state index contributed by atoms with van der Waals surface area (Å²) in [6.45, 7) is 5.02. The SMILES string of the molecule is CCNC(=NCc1nnc2n1CCCC2)N(C)Cc1ncc(-c2ccccc2)[nH]1. The second kappa shape index (κ2) is 8.89. The van der Waals surface area contributed by atoms with E-state index in [9.17, 15) is 0 Å². The average Bonchev–Trinajstić information content (AvgIpc) is 3.39. The first kappa shape index (κ1) is 19.2. The van der Waals surface area contributed by atoms with E-state index in [1.54, 1.807) is 0 Å². The van der Waals surface area contributed by atoms with Crippen molar-refractivity contribution in [1.29, 1.82) is 0 Å². The van der Waals surface area contributed by atoms with Crippen LogP contribution in [0.25, 0.3) is 11.3 Å². The smallest absolute Gasteiger partial charge is 0.194 e. The normalized spacial score (nSPS) is 13.9. The van der Waals surface area contributed by atoms with E-state index in [0.29, 0.717) is 13.1 Å². The van der Waals surface area contributed by atoms with Crippen molar-refractivity contribution in [2.24, 2.45) is 4.99 Å². The second-order valence-corrected chi connectivity index (χ2v) is 7.28. The predicted octanol–water partition coefficient (Wildman–Crippen LogP) is 2.60. The zero-order chi connectivity index (χ0) is 20.1. The Labute approximate surface area is 171 Å². The van der Waals surface area contributed by atoms with Crippen molar-refractivity contribution < 1.29 is 0 Å². The van der Waals surface area contributed by atoms with Crippen molar-refractivity contribution in [3.63, 3.8) is 0 Å². The molecule has 152 valence electrons. The van der Waals surface area contributed by atoms with Crippen LogP contribution in [-0.2, 0) is 26.1 Å². The molecule has 0 aliphatic carbocycles. The zero-order valence-corrected chi connectivity index (χ0v) is 17.1. The Hall–Kier alpha value is -3.16. The molecule has 0 saturated carbocycles. The van der Waals surface area contributed by atoms with Gasteiger partial charge >= 0.3 is 0 Å². The third kappa shape index (κ3) is 4.47. The van der Waals surface area contributed by atoms with E-state index in [1.165, 1.54) is 12.8 Å². The van der Waals surface area contributed by atoms with Crippen LogP contribution in [-0.4, -0.2) is 49.2 Å². The number of fused-ring (bicyclic) bond motifs is 1. The molecule has 0 saturated heterocycles. The number of benzene rings is 1. The van der Waals surface area contributed by atoms with E-state index in [4.69, 9.17) is 4.99 Å². The molecular formula is C21H28N8. The molecule has 0 spiro atoms. The zero-order valence-electron chi connectivity index (χ0n) is 17.1. The highest BCUT2D eigenvalue weighted by Crippen LogP contribution is 2.17. The van der Waals surface area contributed by atoms with E-state index in [1.807, 2.05) is 31.4 Å². The molecule has 0 radical (unpaired) electrons. The highest BCUT2D eigenvalue weighted by Gasteiger charge is 2.16. The number of H-pyrrole nitrogens is 1. The summed E-state index contributed by atoms with van der Waals surface area (Å²) in [6, 6.07) is 10.2. The molecule has 0 bridgehead atoms. The first-order valence-corrected chi connectivity index (χ1v) is 10.2. The molecule has 0 atom stereocenters. The van der Waals surface area contributed by atoms with E-state index in [2.05, 4.69) is 54.0 Å². The summed E-state index contributed by atoms with van der Waals surface area (Å²) in [4.78, 5) is 14.8. The van der Waals surface area contributed by atoms with Gasteiger partial charge < -0.3 is 19.8 Å². The molecule has 2 aromatic heterocycles. The Morgan fingerprint density at radius 2 is 2.10 bits per heavy atom. The van der Waals surface area contributed by atoms with Crippen LogP contribution in [0.4, 0.5) is 0 Å². The second-order valence-electron chi connectivity index (χ2n) is 7.28. The van der Waals surface area contributed by atoms with Crippen LogP contribution >= 0.6 is 0 Å². The van der Waals surface area contributed by atoms with E-state index < -0.39 is 0 Å². The van der Waals surface area contributed by atoms with Crippen LogP contribution in [0.2, 0.25) is 0 Å². The lowest BCUT2D eigenvalue weighted by molar-refractivity contribution is 0.462. The molecule has 4 rings (SSSR count). The van der Waals surface area contributed by atoms with Gasteiger partial charge in [0.2, 0.25) is 0 Å². The van der Waals surface area contributed by atoms with Crippen LogP contribution in [0.15, 0.2) is 41.5 Å². The number of guanidine groups is 1. The largest absolute Gasteiger partial charge is 0.357 e. The van der Waals surface area contributed by atoms with Crippen molar-refractivity contribution in [2.45, 2.75) is 45.8 Å². The van der Waals surface area contributed by atoms with Gasteiger partial charge in [0.1, 0.15) is 18.2 Å². The lowest BCUT2D eigenvalue weighted by Crippen LogP contribution is -2.38. The van der Waals surface area contributed by atoms with E-state index in [-0.39, 0.29) is 0 Å². The standard InChI is InChI=1S/C21H28N8/c1-3-22-21(24-14-20-27-26-19-11-7-8-12-29(19)20)28(2)15-18-23-13-17(25-18)16-9-5-4-6-10-16/h4-6,9-10,13H,3,7-8,11-12,14-15H2,1-2H3,(H,22,24)(H,23,25). The minimum atomic E-state index is 0.521. The minimum Gasteiger partial charge on any atom is -0.357 e. The fourth-order valence-electron chi connectivity index (χ4n) is 3.61. The third-order valence-corrected chi connectivity index (χ3v) is 5.10. The summed E-state index contributed by atoms with van der Waals surface area (Å²) in [6.07, 6.45) is 5.27. The Bertz CT molecular complexity index is 956. The van der Waals surface area contributed by atoms with Crippen LogP contribution in [0.1, 0.15) is 37.2 Å². The van der Waals surface area contributed by atoms with E-state index >= 15 is 0 Å². The predicted molar refractivity (Wildman–Crippen MR) is 113 cm³/mol. The van der Waals surface area contributed by atoms with Crippen molar-refractivity contribution in [3.05, 3.63) is 54.0 Å². The summed E-state index contributed by atoms with van der Waals surface area (Å²) >= 11 is 0. The van der Waals surface area contributed by atoms with Crippen LogP contribution in [0, 0.1) is 0 Å². The molecule has 3 aromatic rings. The molecule has 1 aliphatic heterocycles. The van der Waals surface area contributed by atoms with Crippen molar-refractivity contribution in [2.75, 3.05) is 13.6 Å². The molecular weight excluding hydrogens is 364 g/mol. The maximum atomic E-state index is 4.79. The maximum absolute atomic E-state index is 4.79. The summed E-state index contributed by atoms with van der Waals surface area (Å²) in [5.41, 5.74) is 2.15. The number of aromatic nitrogens is 5. The number of aryl methyl sites for hydroxylation is 1. The Morgan fingerprint density at radius 3 is 2.93 bits per heavy atom. The number of aromatic amines is 1. The Morgan fingerprint density at radius 1 is 1.24 bits per heavy atom. The van der Waals surface area contributed by atoms with Crippen LogP contribution in [0.3, 0.4) is 0 Å². The Kier molecular flexibility index (Phi) is 5.88. The molecule has 1 aromatic carbocycles. The quantitative estimate of drug-likeness (QED) is 0.497. The highest BCUT2D eigenvalue weighted by atomic mass is 15.3. The number of nitrogens with one attached hydrogen (secondary N) is 2. The van der Waals surface area contributed by atoms with Gasteiger partial charge in [0, 0.05) is 26.6 Å². The van der Waals surface area contributed by atoms with Gasteiger partial charge in [-0.3, -0.25) is 0 Å². The fraction of sp³-hybridized carbons (Fsp3) is 0.429. The molecule has 0 amide bonds. The summed E-state index contributed by atoms with van der Waals surface area (Å²) in [7, 11) is 2.02. The van der Waals surface area contributed by atoms with Gasteiger partial charge in [-0.15, -0.1) is 10.2 Å². The molecule has 0 fully saturated rings. The van der Waals surface area contributed by atoms with Crippen molar-refractivity contribution in [1.82, 2.24) is 34.9 Å². The van der Waals surface area contributed by atoms with Gasteiger partial charge in [0.05, 0.1) is 18.4 Å². The number of rotatable bonds is 6. The average molecular weight is 393 g/mol. The topological polar surface area (TPSA) is 87.0 Å². The number of nitrogens with zero attached hydrogens (tertiary/aromatic N) is 6. The molecule has 8 nitrogen and oxygen atoms in total. The molecule has 2 N–H and O–H groups in total. The first-order chi connectivity index (χ1) is 14.2. The van der Waals surface area contributed by atoms with Crippen LogP contribution in [0.5, 0.6) is 0 Å². The number of hydrogen-bond acceptors (Lipinski definition) is 4. The molecule has 29 heavy (non-hydrogen) atoms. The molecule has 1 aliphatic rings. The van der Waals surface area contributed by atoms with Crippen molar-refractivity contribution >= 4 is 5.96 Å². The van der Waals surface area contributed by atoms with Gasteiger partial charge in [-0.2, -0.15) is 0 Å². The Balaban J connectivity index is 1.45. The minimum absolute atomic E-state index is 0.521. The van der Waals surface area contributed by atoms with Crippen molar-refractivity contribution in [3.8, 4) is 11.3 Å². The first-order valence-electron chi connectivity index (χ1n) is 10.2. The van der Waals surface area contributed by atoms with Gasteiger partial charge in [-0.25, -0.2) is 9.98 Å². The van der Waals surface area contributed by atoms with Gasteiger partial charge in [-0.05, 0) is 25.3 Å². The van der Waals surface area contributed by atoms with Crippen LogP contribution < -0.4 is 5.32 Å². The maximum Gasteiger partial charge on any atom is 0.194 e. The summed E-state index contributed by atoms with van der Waals surface area (Å²) in [5.74, 6) is 3.76. The lowest BCUT2D eigenvalue weighted by Gasteiger charge is -2.21. The van der Waals surface area contributed by atoms with Gasteiger partial charge in [0.25, 0.3) is 0 Å². The molecule has 3 heterocycles. The number of imidazole rings is 1. The highest BCUT2D eigenvalue weighted by molar-refractivity contribution is 5.79. The van der Waals surface area contributed by atoms with E-state index in [0.717, 1.165) is 54.2 Å². The lowest BCUT2D eigenvalue weighted by atomic mass is 10.2. The summed E-state index contributed by atoms with van der Waals surface area (Å²) < 4.78 is 2.22. The molecule has 8 heteroatoms. The van der Waals surface area contributed by atoms with Gasteiger partial charge in [0.15, 0.2) is 11.8 Å². The monoisotopic (exact) mass is 392 g/mol.